The van der Waals surface area contributed by atoms with Gasteiger partial charge in [0.25, 0.3) is 5.78 Å². The van der Waals surface area contributed by atoms with Crippen molar-refractivity contribution >= 4 is 17.5 Å². The van der Waals surface area contributed by atoms with Crippen molar-refractivity contribution in [1.29, 1.82) is 0 Å². The fraction of sp³-hybridized carbons (Fsp3) is 0.333. The van der Waals surface area contributed by atoms with Crippen LogP contribution in [0.25, 0.3) is 5.76 Å². The van der Waals surface area contributed by atoms with Crippen LogP contribution in [-0.2, 0) is 14.3 Å². The van der Waals surface area contributed by atoms with Gasteiger partial charge in [0.2, 0.25) is 0 Å². The number of ketones is 1. The molecule has 0 fully saturated rings. The van der Waals surface area contributed by atoms with Crippen molar-refractivity contribution in [1.82, 2.24) is 0 Å². The maximum Gasteiger partial charge on any atom is 0.378 e. The summed E-state index contributed by atoms with van der Waals surface area (Å²) >= 11 is 0. The van der Waals surface area contributed by atoms with Crippen LogP contribution in [0.2, 0.25) is 0 Å². The third-order valence-electron chi connectivity index (χ3n) is 2.49. The largest absolute Gasteiger partial charge is 0.507 e. The molecule has 0 unspecified atom stereocenters. The summed E-state index contributed by atoms with van der Waals surface area (Å²) in [5.74, 6) is -1.51. The number of ether oxygens (including phenoxy) is 3. The Morgan fingerprint density at radius 1 is 1.19 bits per heavy atom. The number of aliphatic hydroxyl groups is 1. The number of carbonyl (C=O) groups excluding carboxylic acids is 2. The lowest BCUT2D eigenvalue weighted by molar-refractivity contribution is -0.149. The van der Waals surface area contributed by atoms with Crippen LogP contribution in [0.3, 0.4) is 0 Å². The van der Waals surface area contributed by atoms with Crippen LogP contribution in [0.5, 0.6) is 11.5 Å². The van der Waals surface area contributed by atoms with Crippen LogP contribution in [-0.4, -0.2) is 37.2 Å². The molecule has 1 rings (SSSR count). The SMILES string of the molecule is CCOc1ccc(OCC)c(C(O)=CC(=O)C(=O)OC)c1. The molecule has 6 heteroatoms. The smallest absolute Gasteiger partial charge is 0.378 e. The van der Waals surface area contributed by atoms with E-state index in [2.05, 4.69) is 4.74 Å². The van der Waals surface area contributed by atoms with Gasteiger partial charge in [0, 0.05) is 6.08 Å². The first-order chi connectivity index (χ1) is 10.0. The van der Waals surface area contributed by atoms with Crippen molar-refractivity contribution in [2.75, 3.05) is 20.3 Å². The minimum Gasteiger partial charge on any atom is -0.507 e. The average molecular weight is 294 g/mol. The molecule has 0 atom stereocenters. The summed E-state index contributed by atoms with van der Waals surface area (Å²) in [7, 11) is 1.09. The zero-order chi connectivity index (χ0) is 15.8. The molecule has 1 aromatic rings. The van der Waals surface area contributed by atoms with E-state index in [9.17, 15) is 14.7 Å². The maximum atomic E-state index is 11.5. The lowest BCUT2D eigenvalue weighted by atomic mass is 10.1. The minimum atomic E-state index is -1.06. The summed E-state index contributed by atoms with van der Waals surface area (Å²) in [6.07, 6.45) is 0.791. The molecule has 21 heavy (non-hydrogen) atoms. The molecule has 0 heterocycles. The number of hydrogen-bond donors (Lipinski definition) is 1. The summed E-state index contributed by atoms with van der Waals surface area (Å²) in [4.78, 5) is 22.5. The number of rotatable bonds is 7. The Kier molecular flexibility index (Phi) is 6.26. The zero-order valence-electron chi connectivity index (χ0n) is 12.2. The highest BCUT2D eigenvalue weighted by Crippen LogP contribution is 2.29. The summed E-state index contributed by atoms with van der Waals surface area (Å²) in [6.45, 7) is 4.46. The number of benzene rings is 1. The minimum absolute atomic E-state index is 0.264. The number of esters is 1. The lowest BCUT2D eigenvalue weighted by Gasteiger charge is -2.12. The van der Waals surface area contributed by atoms with Crippen molar-refractivity contribution in [2.45, 2.75) is 13.8 Å². The van der Waals surface area contributed by atoms with Crippen molar-refractivity contribution in [3.63, 3.8) is 0 Å². The Labute approximate surface area is 122 Å². The van der Waals surface area contributed by atoms with Crippen molar-refractivity contribution < 1.29 is 28.9 Å². The first kappa shape index (κ1) is 16.6. The highest BCUT2D eigenvalue weighted by atomic mass is 16.5. The van der Waals surface area contributed by atoms with Crippen LogP contribution in [0, 0.1) is 0 Å². The number of aliphatic hydroxyl groups excluding tert-OH is 1. The molecule has 0 spiro atoms. The molecule has 1 aromatic carbocycles. The maximum absolute atomic E-state index is 11.5. The average Bonchev–Trinajstić information content (AvgIpc) is 2.48. The van der Waals surface area contributed by atoms with E-state index in [4.69, 9.17) is 9.47 Å². The number of hydrogen-bond acceptors (Lipinski definition) is 6. The molecular weight excluding hydrogens is 276 g/mol. The molecule has 0 saturated heterocycles. The zero-order valence-corrected chi connectivity index (χ0v) is 12.2. The van der Waals surface area contributed by atoms with Crippen molar-refractivity contribution in [3.05, 3.63) is 29.8 Å². The Bertz CT molecular complexity index is 547. The molecule has 0 amide bonds. The van der Waals surface area contributed by atoms with E-state index in [1.807, 2.05) is 6.92 Å². The highest BCUT2D eigenvalue weighted by Gasteiger charge is 2.16. The Morgan fingerprint density at radius 2 is 1.86 bits per heavy atom. The summed E-state index contributed by atoms with van der Waals surface area (Å²) in [5.41, 5.74) is 0.264. The molecular formula is C15H18O6. The van der Waals surface area contributed by atoms with Gasteiger partial charge in [0.05, 0.1) is 25.9 Å². The van der Waals surface area contributed by atoms with Gasteiger partial charge >= 0.3 is 5.97 Å². The monoisotopic (exact) mass is 294 g/mol. The van der Waals surface area contributed by atoms with Gasteiger partial charge in [-0.2, -0.15) is 0 Å². The van der Waals surface area contributed by atoms with Crippen molar-refractivity contribution in [3.8, 4) is 11.5 Å². The Balaban J connectivity index is 3.17. The van der Waals surface area contributed by atoms with E-state index in [0.717, 1.165) is 13.2 Å². The summed E-state index contributed by atoms with van der Waals surface area (Å²) in [5, 5.41) is 10.0. The Morgan fingerprint density at radius 3 is 2.43 bits per heavy atom. The molecule has 0 radical (unpaired) electrons. The lowest BCUT2D eigenvalue weighted by Crippen LogP contribution is -2.13. The number of methoxy groups -OCH3 is 1. The molecule has 1 N–H and O–H groups in total. The molecule has 6 nitrogen and oxygen atoms in total. The quantitative estimate of drug-likeness (QED) is 0.359. The highest BCUT2D eigenvalue weighted by molar-refractivity contribution is 6.39. The second kappa shape index (κ2) is 7.94. The molecule has 0 bridgehead atoms. The molecule has 0 saturated carbocycles. The third kappa shape index (κ3) is 4.52. The second-order valence-corrected chi connectivity index (χ2v) is 3.91. The first-order valence-corrected chi connectivity index (χ1v) is 6.46. The van der Waals surface area contributed by atoms with E-state index in [1.165, 1.54) is 6.07 Å². The van der Waals surface area contributed by atoms with Crippen LogP contribution in [0.1, 0.15) is 19.4 Å². The fourth-order valence-electron chi connectivity index (χ4n) is 1.61. The van der Waals surface area contributed by atoms with Gasteiger partial charge in [-0.25, -0.2) is 4.79 Å². The number of carbonyl (C=O) groups is 2. The summed E-state index contributed by atoms with van der Waals surface area (Å²) < 4.78 is 15.0. The van der Waals surface area contributed by atoms with E-state index in [-0.39, 0.29) is 5.56 Å². The summed E-state index contributed by atoms with van der Waals surface area (Å²) in [6, 6.07) is 4.84. The predicted octanol–water partition coefficient (Wildman–Crippen LogP) is 2.12. The standard InChI is InChI=1S/C15H18O6/c1-4-20-10-6-7-14(21-5-2)11(8-10)12(16)9-13(17)15(18)19-3/h6-9,16H,4-5H2,1-3H3. The van der Waals surface area contributed by atoms with Crippen molar-refractivity contribution in [2.24, 2.45) is 0 Å². The van der Waals surface area contributed by atoms with Gasteiger partial charge in [-0.05, 0) is 32.0 Å². The second-order valence-electron chi connectivity index (χ2n) is 3.91. The van der Waals surface area contributed by atoms with Crippen LogP contribution < -0.4 is 9.47 Å². The van der Waals surface area contributed by atoms with Crippen LogP contribution >= 0.6 is 0 Å². The van der Waals surface area contributed by atoms with Gasteiger partial charge < -0.3 is 19.3 Å². The fourth-order valence-corrected chi connectivity index (χ4v) is 1.61. The van der Waals surface area contributed by atoms with E-state index < -0.39 is 17.5 Å². The first-order valence-electron chi connectivity index (χ1n) is 6.46. The normalized spacial score (nSPS) is 10.9. The van der Waals surface area contributed by atoms with E-state index in [0.29, 0.717) is 24.7 Å². The van der Waals surface area contributed by atoms with E-state index >= 15 is 0 Å². The Hall–Kier alpha value is -2.50. The van der Waals surface area contributed by atoms with Gasteiger partial charge in [-0.3, -0.25) is 4.79 Å². The molecule has 0 aromatic heterocycles. The van der Waals surface area contributed by atoms with Gasteiger partial charge in [0.1, 0.15) is 17.3 Å². The van der Waals surface area contributed by atoms with Crippen LogP contribution in [0.4, 0.5) is 0 Å². The van der Waals surface area contributed by atoms with Gasteiger partial charge in [-0.1, -0.05) is 0 Å². The third-order valence-corrected chi connectivity index (χ3v) is 2.49. The topological polar surface area (TPSA) is 82.1 Å². The van der Waals surface area contributed by atoms with Crippen LogP contribution in [0.15, 0.2) is 24.3 Å². The molecule has 0 aliphatic rings. The van der Waals surface area contributed by atoms with E-state index in [1.54, 1.807) is 19.1 Å². The molecule has 0 aliphatic carbocycles. The van der Waals surface area contributed by atoms with Gasteiger partial charge in [0.15, 0.2) is 0 Å². The molecule has 0 aliphatic heterocycles. The predicted molar refractivity (Wildman–Crippen MR) is 76.4 cm³/mol. The van der Waals surface area contributed by atoms with Gasteiger partial charge in [-0.15, -0.1) is 0 Å². The molecule has 114 valence electrons.